The summed E-state index contributed by atoms with van der Waals surface area (Å²) in [5, 5.41) is 0. The van der Waals surface area contributed by atoms with E-state index in [1.165, 1.54) is 25.7 Å². The second-order valence-corrected chi connectivity index (χ2v) is 6.88. The van der Waals surface area contributed by atoms with E-state index in [2.05, 4.69) is 0 Å². The van der Waals surface area contributed by atoms with Crippen molar-refractivity contribution in [1.82, 2.24) is 4.90 Å². The standard InChI is InChI=1S/C19H27NO4/c1-20(18(13-5-6-13)14-7-8-14)17(21)11-12-9-15(22-2)19(24-4)16(10-12)23-3/h9-10,13-14,18H,5-8,11H2,1-4H3. The topological polar surface area (TPSA) is 48.0 Å². The van der Waals surface area contributed by atoms with E-state index in [9.17, 15) is 4.79 Å². The molecule has 0 heterocycles. The molecule has 3 rings (SSSR count). The first-order valence-corrected chi connectivity index (χ1v) is 8.63. The summed E-state index contributed by atoms with van der Waals surface area (Å²) < 4.78 is 16.1. The van der Waals surface area contributed by atoms with Crippen LogP contribution in [0, 0.1) is 11.8 Å². The Balaban J connectivity index is 1.75. The minimum Gasteiger partial charge on any atom is -0.493 e. The molecule has 5 heteroatoms. The van der Waals surface area contributed by atoms with Crippen LogP contribution in [0.3, 0.4) is 0 Å². The zero-order valence-electron chi connectivity index (χ0n) is 15.0. The van der Waals surface area contributed by atoms with Gasteiger partial charge in [0.1, 0.15) is 0 Å². The van der Waals surface area contributed by atoms with Crippen LogP contribution in [0.25, 0.3) is 0 Å². The third-order valence-corrected chi connectivity index (χ3v) is 5.13. The molecule has 0 spiro atoms. The summed E-state index contributed by atoms with van der Waals surface area (Å²) >= 11 is 0. The fraction of sp³-hybridized carbons (Fsp3) is 0.632. The second kappa shape index (κ2) is 6.91. The minimum absolute atomic E-state index is 0.160. The molecule has 132 valence electrons. The Labute approximate surface area is 143 Å². The zero-order chi connectivity index (χ0) is 17.3. The van der Waals surface area contributed by atoms with Crippen molar-refractivity contribution in [2.45, 2.75) is 38.1 Å². The minimum atomic E-state index is 0.160. The van der Waals surface area contributed by atoms with Crippen molar-refractivity contribution in [2.75, 3.05) is 28.4 Å². The highest BCUT2D eigenvalue weighted by Crippen LogP contribution is 2.47. The maximum Gasteiger partial charge on any atom is 0.227 e. The summed E-state index contributed by atoms with van der Waals surface area (Å²) in [5.74, 6) is 3.32. The number of benzene rings is 1. The quantitative estimate of drug-likeness (QED) is 0.734. The number of rotatable bonds is 8. The van der Waals surface area contributed by atoms with Crippen LogP contribution in [-0.4, -0.2) is 45.2 Å². The summed E-state index contributed by atoms with van der Waals surface area (Å²) in [6, 6.07) is 4.15. The van der Waals surface area contributed by atoms with E-state index in [1.807, 2.05) is 24.1 Å². The van der Waals surface area contributed by atoms with Gasteiger partial charge in [-0.3, -0.25) is 4.79 Å². The molecule has 2 saturated carbocycles. The molecule has 2 aliphatic carbocycles. The largest absolute Gasteiger partial charge is 0.493 e. The lowest BCUT2D eigenvalue weighted by Gasteiger charge is -2.28. The Bertz CT molecular complexity index is 570. The SMILES string of the molecule is COc1cc(CC(=O)N(C)C(C2CC2)C2CC2)cc(OC)c1OC. The number of hydrogen-bond donors (Lipinski definition) is 0. The van der Waals surface area contributed by atoms with Gasteiger partial charge in [0.25, 0.3) is 0 Å². The van der Waals surface area contributed by atoms with Gasteiger partial charge in [0.05, 0.1) is 27.8 Å². The molecule has 1 amide bonds. The van der Waals surface area contributed by atoms with Crippen molar-refractivity contribution in [3.05, 3.63) is 17.7 Å². The Morgan fingerprint density at radius 2 is 1.54 bits per heavy atom. The molecule has 1 aromatic rings. The Hall–Kier alpha value is -1.91. The van der Waals surface area contributed by atoms with E-state index in [4.69, 9.17) is 14.2 Å². The molecular weight excluding hydrogens is 306 g/mol. The third kappa shape index (κ3) is 3.45. The van der Waals surface area contributed by atoms with Crippen LogP contribution < -0.4 is 14.2 Å². The van der Waals surface area contributed by atoms with Gasteiger partial charge in [-0.05, 0) is 55.2 Å². The van der Waals surface area contributed by atoms with Crippen LogP contribution in [0.1, 0.15) is 31.2 Å². The van der Waals surface area contributed by atoms with E-state index >= 15 is 0 Å². The Morgan fingerprint density at radius 3 is 1.92 bits per heavy atom. The van der Waals surface area contributed by atoms with Gasteiger partial charge in [-0.15, -0.1) is 0 Å². The molecule has 0 radical (unpaired) electrons. The van der Waals surface area contributed by atoms with Crippen molar-refractivity contribution in [3.63, 3.8) is 0 Å². The van der Waals surface area contributed by atoms with Gasteiger partial charge in [-0.2, -0.15) is 0 Å². The van der Waals surface area contributed by atoms with Crippen LogP contribution in [0.5, 0.6) is 17.2 Å². The van der Waals surface area contributed by atoms with Gasteiger partial charge >= 0.3 is 0 Å². The summed E-state index contributed by atoms with van der Waals surface area (Å²) in [5.41, 5.74) is 0.881. The van der Waals surface area contributed by atoms with E-state index < -0.39 is 0 Å². The van der Waals surface area contributed by atoms with E-state index in [1.54, 1.807) is 21.3 Å². The third-order valence-electron chi connectivity index (χ3n) is 5.13. The van der Waals surface area contributed by atoms with Gasteiger partial charge in [0, 0.05) is 13.1 Å². The molecule has 0 aromatic heterocycles. The molecule has 2 aliphatic rings. The van der Waals surface area contributed by atoms with Crippen molar-refractivity contribution in [1.29, 1.82) is 0 Å². The summed E-state index contributed by atoms with van der Waals surface area (Å²) in [6.45, 7) is 0. The van der Waals surface area contributed by atoms with Crippen molar-refractivity contribution >= 4 is 5.91 Å². The molecule has 0 unspecified atom stereocenters. The van der Waals surface area contributed by atoms with E-state index in [-0.39, 0.29) is 5.91 Å². The molecule has 2 fully saturated rings. The Morgan fingerprint density at radius 1 is 1.04 bits per heavy atom. The molecule has 0 bridgehead atoms. The summed E-state index contributed by atoms with van der Waals surface area (Å²) in [7, 11) is 6.72. The maximum absolute atomic E-state index is 12.8. The lowest BCUT2D eigenvalue weighted by Crippen LogP contribution is -2.40. The first kappa shape index (κ1) is 16.9. The molecule has 24 heavy (non-hydrogen) atoms. The molecule has 1 aromatic carbocycles. The van der Waals surface area contributed by atoms with Crippen LogP contribution in [-0.2, 0) is 11.2 Å². The highest BCUT2D eigenvalue weighted by molar-refractivity contribution is 5.79. The predicted octanol–water partition coefficient (Wildman–Crippen LogP) is 2.90. The highest BCUT2D eigenvalue weighted by atomic mass is 16.5. The normalized spacial score (nSPS) is 16.9. The molecule has 0 N–H and O–H groups in total. The number of likely N-dealkylation sites (N-methyl/N-ethyl adjacent to an activating group) is 1. The van der Waals surface area contributed by atoms with Gasteiger partial charge in [0.15, 0.2) is 11.5 Å². The smallest absolute Gasteiger partial charge is 0.227 e. The van der Waals surface area contributed by atoms with Crippen LogP contribution in [0.15, 0.2) is 12.1 Å². The van der Waals surface area contributed by atoms with Crippen LogP contribution >= 0.6 is 0 Å². The number of amides is 1. The second-order valence-electron chi connectivity index (χ2n) is 6.88. The van der Waals surface area contributed by atoms with Crippen molar-refractivity contribution < 1.29 is 19.0 Å². The summed E-state index contributed by atoms with van der Waals surface area (Å²) in [4.78, 5) is 14.8. The number of carbonyl (C=O) groups excluding carboxylic acids is 1. The van der Waals surface area contributed by atoms with Gasteiger partial charge in [-0.25, -0.2) is 0 Å². The number of hydrogen-bond acceptors (Lipinski definition) is 4. The maximum atomic E-state index is 12.8. The Kier molecular flexibility index (Phi) is 4.88. The molecular formula is C19H27NO4. The van der Waals surface area contributed by atoms with E-state index in [0.29, 0.717) is 41.5 Å². The van der Waals surface area contributed by atoms with E-state index in [0.717, 1.165) is 5.56 Å². The molecule has 5 nitrogen and oxygen atoms in total. The lowest BCUT2D eigenvalue weighted by molar-refractivity contribution is -0.132. The fourth-order valence-corrected chi connectivity index (χ4v) is 3.60. The molecule has 0 saturated heterocycles. The average molecular weight is 333 g/mol. The molecule has 0 atom stereocenters. The van der Waals surface area contributed by atoms with Gasteiger partial charge in [0.2, 0.25) is 11.7 Å². The van der Waals surface area contributed by atoms with Crippen LogP contribution in [0.4, 0.5) is 0 Å². The first-order valence-electron chi connectivity index (χ1n) is 8.63. The lowest BCUT2D eigenvalue weighted by atomic mass is 10.0. The summed E-state index contributed by atoms with van der Waals surface area (Å²) in [6.07, 6.45) is 5.42. The monoisotopic (exact) mass is 333 g/mol. The zero-order valence-corrected chi connectivity index (χ0v) is 15.0. The fourth-order valence-electron chi connectivity index (χ4n) is 3.60. The highest BCUT2D eigenvalue weighted by Gasteiger charge is 2.44. The van der Waals surface area contributed by atoms with Crippen molar-refractivity contribution in [3.8, 4) is 17.2 Å². The number of nitrogens with zero attached hydrogens (tertiary/aromatic N) is 1. The van der Waals surface area contributed by atoms with Crippen molar-refractivity contribution in [2.24, 2.45) is 11.8 Å². The van der Waals surface area contributed by atoms with Gasteiger partial charge in [-0.1, -0.05) is 0 Å². The predicted molar refractivity (Wildman–Crippen MR) is 91.8 cm³/mol. The average Bonchev–Trinajstić information content (AvgIpc) is 3.48. The van der Waals surface area contributed by atoms with Crippen LogP contribution in [0.2, 0.25) is 0 Å². The molecule has 0 aliphatic heterocycles. The first-order chi connectivity index (χ1) is 11.6. The number of ether oxygens (including phenoxy) is 3. The number of carbonyl (C=O) groups is 1. The number of methoxy groups -OCH3 is 3. The van der Waals surface area contributed by atoms with Gasteiger partial charge < -0.3 is 19.1 Å².